The van der Waals surface area contributed by atoms with Gasteiger partial charge in [0.25, 0.3) is 0 Å². The highest BCUT2D eigenvalue weighted by Gasteiger charge is 2.38. The van der Waals surface area contributed by atoms with Crippen LogP contribution in [-0.2, 0) is 86.4 Å². The van der Waals surface area contributed by atoms with E-state index in [1.165, 1.54) is 59.6 Å². The van der Waals surface area contributed by atoms with Gasteiger partial charge in [-0.3, -0.25) is 72.1 Å². The highest BCUT2D eigenvalue weighted by molar-refractivity contribution is 8.76. The van der Waals surface area contributed by atoms with Gasteiger partial charge >= 0.3 is 11.9 Å². The lowest BCUT2D eigenvalue weighted by atomic mass is 10.00. The summed E-state index contributed by atoms with van der Waals surface area (Å²) in [7, 11) is 1.62. The van der Waals surface area contributed by atoms with Gasteiger partial charge in [-0.15, -0.1) is 0 Å². The predicted molar refractivity (Wildman–Crippen MR) is 404 cm³/mol. The highest BCUT2D eigenvalue weighted by Crippen LogP contribution is 2.29. The molecule has 0 unspecified atom stereocenters. The standard InChI is InChI=1S/C70H94Cl2FN17O17S2/c1-35(2)60-69(107)86-50(28-38-8-6-11-44(71)59(38)72)66(104)83-46(12-7-24-79-70(76)77)62(100)78-25-23-54(92)81-47(19-21-57(95)96)63(101)85-51(29-39-31-80-45-18-15-40(73)30-43(39)45)67(105)84-48(20-22-58(97)98)64(102)87-52(61(75)99)33-108-109-34-53(68(106)89-60)88-65(103)49(27-37-13-16-42(91)17-14-37)82-55(93)32-90(41-9-4-5-10-41)56(94)26-36(3)74/h6,8,11,13-18,30-31,35-36,41,46-53,60,80,91H,4-5,7,9-10,12,19-29,32-34,74H2,1-3H3,(H2,75,99)(H,78,100)(H,81,92)(H,82,93)(H,83,104)(H,84,105)(H,85,101)(H,86,107)(H,87,102)(H,88,103)(H,89,106)(H,95,96)(H,97,98)(H4,76,77,79)/t36-,46+,47+,48+,49+,50+,51+,52+,53+,60+/m1/s1. The van der Waals surface area contributed by atoms with Crippen molar-refractivity contribution in [1.29, 1.82) is 0 Å². The monoisotopic (exact) mass is 1600 g/mol. The number of aliphatic imine (C=N–C) groups is 1. The number of carboxylic acids is 2. The van der Waals surface area contributed by atoms with Crippen molar-refractivity contribution in [2.45, 2.75) is 184 Å². The van der Waals surface area contributed by atoms with Crippen molar-refractivity contribution >= 4 is 144 Å². The topological polar surface area (TPSA) is 555 Å². The first-order valence-corrected chi connectivity index (χ1v) is 38.4. The van der Waals surface area contributed by atoms with Crippen molar-refractivity contribution in [2.24, 2.45) is 33.8 Å². The minimum absolute atomic E-state index is 0.0200. The third kappa shape index (κ3) is 28.8. The summed E-state index contributed by atoms with van der Waals surface area (Å²) in [5.41, 5.74) is 24.3. The van der Waals surface area contributed by atoms with Crippen LogP contribution >= 0.6 is 44.8 Å². The Labute approximate surface area is 644 Å². The number of H-pyrrole nitrogens is 1. The lowest BCUT2D eigenvalue weighted by Crippen LogP contribution is -2.61. The number of nitrogens with two attached hydrogens (primary N) is 4. The number of amides is 12. The number of aliphatic carboxylic acids is 2. The molecule has 1 aromatic heterocycles. The molecule has 1 aliphatic heterocycles. The third-order valence-corrected chi connectivity index (χ3v) is 21.0. The molecule has 34 nitrogen and oxygen atoms in total. The largest absolute Gasteiger partial charge is 0.508 e. The van der Waals surface area contributed by atoms with Gasteiger partial charge in [0, 0.05) is 98.7 Å². The number of guanidine groups is 1. The summed E-state index contributed by atoms with van der Waals surface area (Å²) in [4.78, 5) is 205. The number of carbonyl (C=O) groups is 14. The number of phenolic OH excluding ortho intramolecular Hbond substituents is 1. The van der Waals surface area contributed by atoms with Crippen LogP contribution in [0.1, 0.15) is 115 Å². The molecular weight excluding hydrogens is 1500 g/mol. The van der Waals surface area contributed by atoms with Gasteiger partial charge in [-0.05, 0) is 104 Å². The van der Waals surface area contributed by atoms with Crippen LogP contribution in [0.2, 0.25) is 10.0 Å². The molecule has 1 saturated carbocycles. The summed E-state index contributed by atoms with van der Waals surface area (Å²) < 4.78 is 14.8. The number of fused-ring (bicyclic) bond motifs is 1. The second-order valence-electron chi connectivity index (χ2n) is 26.8. The fourth-order valence-electron chi connectivity index (χ4n) is 11.9. The number of hydrogen-bond donors (Lipinski definition) is 18. The van der Waals surface area contributed by atoms with E-state index in [0.717, 1.165) is 46.6 Å². The Hall–Kier alpha value is -9.98. The molecule has 6 rings (SSSR count). The third-order valence-electron chi connectivity index (χ3n) is 17.7. The van der Waals surface area contributed by atoms with E-state index in [1.54, 1.807) is 20.8 Å². The molecule has 0 bridgehead atoms. The summed E-state index contributed by atoms with van der Waals surface area (Å²) in [5.74, 6) is -17.4. The number of nitrogens with one attached hydrogen (secondary N) is 11. The molecule has 0 radical (unpaired) electrons. The molecule has 3 aromatic carbocycles. The Bertz CT molecular complexity index is 3960. The Morgan fingerprint density at radius 1 is 0.697 bits per heavy atom. The number of hydrogen-bond acceptors (Lipinski definition) is 19. The first-order valence-electron chi connectivity index (χ1n) is 35.2. The van der Waals surface area contributed by atoms with E-state index in [-0.39, 0.29) is 76.5 Å². The van der Waals surface area contributed by atoms with Crippen LogP contribution in [0.15, 0.2) is 71.9 Å². The van der Waals surface area contributed by atoms with Crippen LogP contribution in [0.3, 0.4) is 0 Å². The smallest absolute Gasteiger partial charge is 0.303 e. The maximum Gasteiger partial charge on any atom is 0.303 e. The maximum atomic E-state index is 15.1. The Morgan fingerprint density at radius 2 is 1.28 bits per heavy atom. The van der Waals surface area contributed by atoms with Gasteiger partial charge in [0.2, 0.25) is 70.9 Å². The lowest BCUT2D eigenvalue weighted by molar-refractivity contribution is -0.139. The first kappa shape index (κ1) is 87.9. The number of aromatic hydroxyl groups is 1. The predicted octanol–water partition coefficient (Wildman–Crippen LogP) is 0.0448. The van der Waals surface area contributed by atoms with Crippen molar-refractivity contribution in [1.82, 2.24) is 63.1 Å². The van der Waals surface area contributed by atoms with Crippen LogP contribution in [0.4, 0.5) is 4.39 Å². The molecule has 22 N–H and O–H groups in total. The first-order chi connectivity index (χ1) is 51.7. The van der Waals surface area contributed by atoms with Crippen molar-refractivity contribution in [3.63, 3.8) is 0 Å². The fraction of sp³-hybridized carbons (Fsp3) is 0.500. The van der Waals surface area contributed by atoms with E-state index in [0.29, 0.717) is 23.9 Å². The van der Waals surface area contributed by atoms with Gasteiger partial charge in [-0.2, -0.15) is 0 Å². The van der Waals surface area contributed by atoms with Crippen molar-refractivity contribution in [2.75, 3.05) is 31.1 Å². The molecule has 594 valence electrons. The quantitative estimate of drug-likeness (QED) is 0.0171. The fourth-order valence-corrected chi connectivity index (χ4v) is 14.7. The van der Waals surface area contributed by atoms with Gasteiger partial charge in [0.1, 0.15) is 65.9 Å². The second-order valence-corrected chi connectivity index (χ2v) is 30.1. The highest BCUT2D eigenvalue weighted by atomic mass is 35.5. The van der Waals surface area contributed by atoms with E-state index in [1.807, 2.05) is 0 Å². The summed E-state index contributed by atoms with van der Waals surface area (Å²) in [5, 5.41) is 55.7. The van der Waals surface area contributed by atoms with E-state index >= 15 is 9.59 Å². The summed E-state index contributed by atoms with van der Waals surface area (Å²) in [6, 6.07) is -2.03. The van der Waals surface area contributed by atoms with E-state index in [4.69, 9.17) is 46.1 Å². The number of halogens is 3. The molecule has 4 aromatic rings. The number of phenols is 1. The molecule has 2 heterocycles. The number of nitrogens with zero attached hydrogens (tertiary/aromatic N) is 2. The zero-order valence-electron chi connectivity index (χ0n) is 60.1. The van der Waals surface area contributed by atoms with Gasteiger partial charge in [0.05, 0.1) is 16.6 Å². The average molecular weight is 1600 g/mol. The number of aromatic nitrogens is 1. The normalized spacial score (nSPS) is 21.5. The molecule has 12 amide bonds. The number of carboxylic acid groups (broad SMARTS) is 2. The van der Waals surface area contributed by atoms with E-state index in [9.17, 15) is 77.2 Å². The molecule has 0 spiro atoms. The van der Waals surface area contributed by atoms with Crippen LogP contribution < -0.4 is 76.1 Å². The number of benzene rings is 3. The zero-order valence-corrected chi connectivity index (χ0v) is 63.3. The van der Waals surface area contributed by atoms with Crippen LogP contribution in [0.25, 0.3) is 10.9 Å². The minimum Gasteiger partial charge on any atom is -0.508 e. The SMILES string of the molecule is CC(C)[C@@H]1NC(=O)[C@@H](NC(=O)[C@H](Cc2ccc(O)cc2)NC(=O)CN(C(=O)C[C@@H](C)N)C2CCCC2)CSSC[C@@H](C(N)=O)NC(=O)[C@H](CCC(=O)O)NC(=O)[C@H](Cc2c[nH]c3ccc(F)cc23)NC(=O)[C@H](CCC(=O)O)NC(=O)CCNC(=O)[C@H](CCCN=C(N)N)NC(=O)[C@H](Cc2cccc(Cl)c2Cl)NC1=O. The second kappa shape index (κ2) is 43.3. The molecule has 10 atom stereocenters. The Morgan fingerprint density at radius 3 is 1.90 bits per heavy atom. The van der Waals surface area contributed by atoms with Crippen molar-refractivity contribution in [3.8, 4) is 5.75 Å². The zero-order chi connectivity index (χ0) is 80.2. The van der Waals surface area contributed by atoms with Crippen LogP contribution in [0, 0.1) is 11.7 Å². The Balaban J connectivity index is 1.43. The van der Waals surface area contributed by atoms with Crippen molar-refractivity contribution in [3.05, 3.63) is 99.4 Å². The summed E-state index contributed by atoms with van der Waals surface area (Å²) >= 11 is 13.1. The van der Waals surface area contributed by atoms with E-state index in [2.05, 4.69) is 63.1 Å². The number of aromatic amines is 1. The molecule has 109 heavy (non-hydrogen) atoms. The Kier molecular flexibility index (Phi) is 34.9. The van der Waals surface area contributed by atoms with Crippen LogP contribution in [0.5, 0.6) is 5.75 Å². The summed E-state index contributed by atoms with van der Waals surface area (Å²) in [6.45, 7) is 3.67. The number of carbonyl (C=O) groups excluding carboxylic acids is 12. The molecule has 1 aliphatic carbocycles. The van der Waals surface area contributed by atoms with Gasteiger partial charge in [0.15, 0.2) is 5.96 Å². The van der Waals surface area contributed by atoms with Gasteiger partial charge in [-0.25, -0.2) is 4.39 Å². The molecule has 2 aliphatic rings. The maximum absolute atomic E-state index is 15.1. The minimum atomic E-state index is -1.83. The van der Waals surface area contributed by atoms with Gasteiger partial charge in [-0.1, -0.05) is 95.7 Å². The molecular formula is C70H94Cl2FN17O17S2. The lowest BCUT2D eigenvalue weighted by Gasteiger charge is -2.30. The van der Waals surface area contributed by atoms with Gasteiger partial charge < -0.3 is 101 Å². The summed E-state index contributed by atoms with van der Waals surface area (Å²) in [6.07, 6.45) is -0.575. The van der Waals surface area contributed by atoms with E-state index < -0.39 is 225 Å². The average Bonchev–Trinajstić information content (AvgIpc) is 1.75. The molecule has 39 heteroatoms. The molecule has 1 saturated heterocycles. The number of primary amides is 1. The van der Waals surface area contributed by atoms with Crippen LogP contribution in [-0.4, -0.2) is 212 Å². The van der Waals surface area contributed by atoms with Crippen molar-refractivity contribution < 1.29 is 86.8 Å². The molecule has 2 fully saturated rings. The number of rotatable bonds is 26.